The van der Waals surface area contributed by atoms with E-state index < -0.39 is 9.84 Å². The zero-order chi connectivity index (χ0) is 20.2. The fourth-order valence-corrected chi connectivity index (χ4v) is 5.61. The Labute approximate surface area is 167 Å². The second-order valence-corrected chi connectivity index (χ2v) is 10.1. The maximum atomic E-state index is 13.0. The maximum Gasteiger partial charge on any atom is 0.252 e. The van der Waals surface area contributed by atoms with Crippen molar-refractivity contribution in [3.05, 3.63) is 41.0 Å². The number of fused-ring (bicyclic) bond motifs is 1. The Hall–Kier alpha value is -2.75. The van der Waals surface area contributed by atoms with E-state index in [1.807, 2.05) is 13.0 Å². The fraction of sp³-hybridized carbons (Fsp3) is 0.474. The molecule has 1 aliphatic heterocycles. The van der Waals surface area contributed by atoms with E-state index in [1.54, 1.807) is 10.7 Å². The summed E-state index contributed by atoms with van der Waals surface area (Å²) in [5.74, 6) is 0.332. The molecular weight excluding hydrogens is 394 g/mol. The number of hydrogen-bond donors (Lipinski definition) is 1. The highest BCUT2D eigenvalue weighted by molar-refractivity contribution is 7.91. The van der Waals surface area contributed by atoms with Crippen LogP contribution in [0.2, 0.25) is 0 Å². The van der Waals surface area contributed by atoms with Crippen LogP contribution in [0.25, 0.3) is 11.0 Å². The quantitative estimate of drug-likeness (QED) is 0.676. The summed E-state index contributed by atoms with van der Waals surface area (Å²) in [6.45, 7) is 2.08. The highest BCUT2D eigenvalue weighted by atomic mass is 32.2. The van der Waals surface area contributed by atoms with Gasteiger partial charge < -0.3 is 9.84 Å². The lowest BCUT2D eigenvalue weighted by Crippen LogP contribution is -2.23. The number of amides is 1. The highest BCUT2D eigenvalue weighted by Gasteiger charge is 2.34. The third kappa shape index (κ3) is 3.41. The smallest absolute Gasteiger partial charge is 0.252 e. The molecule has 0 aromatic carbocycles. The van der Waals surface area contributed by atoms with Gasteiger partial charge >= 0.3 is 0 Å². The first kappa shape index (κ1) is 18.3. The Morgan fingerprint density at radius 1 is 1.34 bits per heavy atom. The zero-order valence-electron chi connectivity index (χ0n) is 16.0. The molecule has 0 unspecified atom stereocenters. The zero-order valence-corrected chi connectivity index (χ0v) is 16.8. The molecule has 3 aromatic heterocycles. The minimum atomic E-state index is -3.06. The predicted octanol–water partition coefficient (Wildman–Crippen LogP) is 1.89. The van der Waals surface area contributed by atoms with Gasteiger partial charge in [-0.1, -0.05) is 5.16 Å². The monoisotopic (exact) mass is 415 g/mol. The summed E-state index contributed by atoms with van der Waals surface area (Å²) in [7, 11) is -3.06. The molecule has 0 bridgehead atoms. The molecule has 1 N–H and O–H groups in total. The molecule has 1 amide bonds. The summed E-state index contributed by atoms with van der Waals surface area (Å²) in [5, 5.41) is 12.0. The number of aromatic nitrogens is 4. The topological polar surface area (TPSA) is 120 Å². The molecule has 2 fully saturated rings. The van der Waals surface area contributed by atoms with Gasteiger partial charge in [-0.15, -0.1) is 0 Å². The Morgan fingerprint density at radius 2 is 2.17 bits per heavy atom. The molecule has 29 heavy (non-hydrogen) atoms. The van der Waals surface area contributed by atoms with Crippen molar-refractivity contribution in [2.75, 3.05) is 11.5 Å². The number of aryl methyl sites for hydroxylation is 1. The number of nitrogens with one attached hydrogen (secondary N) is 1. The van der Waals surface area contributed by atoms with Crippen LogP contribution in [-0.4, -0.2) is 45.8 Å². The van der Waals surface area contributed by atoms with Crippen molar-refractivity contribution in [2.45, 2.75) is 44.7 Å². The van der Waals surface area contributed by atoms with E-state index in [-0.39, 0.29) is 30.0 Å². The van der Waals surface area contributed by atoms with Gasteiger partial charge in [0.25, 0.3) is 5.91 Å². The van der Waals surface area contributed by atoms with Crippen LogP contribution in [-0.2, 0) is 16.4 Å². The van der Waals surface area contributed by atoms with E-state index in [2.05, 4.69) is 15.6 Å². The molecule has 0 spiro atoms. The Kier molecular flexibility index (Phi) is 4.19. The van der Waals surface area contributed by atoms with Crippen LogP contribution < -0.4 is 5.32 Å². The Bertz CT molecular complexity index is 1200. The van der Waals surface area contributed by atoms with Crippen LogP contribution in [0.15, 0.2) is 22.9 Å². The molecule has 1 saturated carbocycles. The van der Waals surface area contributed by atoms with Crippen LogP contribution in [0.5, 0.6) is 0 Å². The van der Waals surface area contributed by atoms with Crippen LogP contribution >= 0.6 is 0 Å². The SMILES string of the molecule is Cc1nn([C@H]2CCS(=O)(=O)C2)c2nc(C3CC3)cc(C(=O)NCc3ccon3)c12. The van der Waals surface area contributed by atoms with Gasteiger partial charge in [0.2, 0.25) is 0 Å². The first-order chi connectivity index (χ1) is 13.9. The van der Waals surface area contributed by atoms with E-state index in [1.165, 1.54) is 6.26 Å². The molecule has 3 aromatic rings. The largest absolute Gasteiger partial charge is 0.364 e. The predicted molar refractivity (Wildman–Crippen MR) is 104 cm³/mol. The molecule has 1 aliphatic carbocycles. The summed E-state index contributed by atoms with van der Waals surface area (Å²) >= 11 is 0. The number of carbonyl (C=O) groups is 1. The number of pyridine rings is 1. The van der Waals surface area contributed by atoms with Gasteiger partial charge in [0.1, 0.15) is 12.0 Å². The standard InChI is InChI=1S/C19H21N5O4S/c1-11-17-15(19(25)20-9-13-4-6-28-23-13)8-16(12-2-3-12)21-18(17)24(22-11)14-5-7-29(26,27)10-14/h4,6,8,12,14H,2-3,5,7,9-10H2,1H3,(H,20,25)/t14-/m0/s1. The summed E-state index contributed by atoms with van der Waals surface area (Å²) in [5.41, 5.74) is 3.29. The van der Waals surface area contributed by atoms with Crippen molar-refractivity contribution in [3.63, 3.8) is 0 Å². The molecule has 1 atom stereocenters. The van der Waals surface area contributed by atoms with Crippen LogP contribution in [0.3, 0.4) is 0 Å². The van der Waals surface area contributed by atoms with Crippen molar-refractivity contribution in [2.24, 2.45) is 0 Å². The lowest BCUT2D eigenvalue weighted by Gasteiger charge is -2.12. The van der Waals surface area contributed by atoms with Gasteiger partial charge in [-0.05, 0) is 32.3 Å². The number of sulfone groups is 1. The summed E-state index contributed by atoms with van der Waals surface area (Å²) in [4.78, 5) is 17.8. The number of rotatable bonds is 5. The van der Waals surface area contributed by atoms with E-state index in [0.717, 1.165) is 18.5 Å². The minimum absolute atomic E-state index is 0.0618. The second-order valence-electron chi connectivity index (χ2n) is 7.83. The minimum Gasteiger partial charge on any atom is -0.364 e. The highest BCUT2D eigenvalue weighted by Crippen LogP contribution is 2.41. The van der Waals surface area contributed by atoms with Crippen molar-refractivity contribution in [1.29, 1.82) is 0 Å². The van der Waals surface area contributed by atoms with Crippen molar-refractivity contribution >= 4 is 26.8 Å². The normalized spacial score (nSPS) is 20.9. The van der Waals surface area contributed by atoms with Gasteiger partial charge in [0.05, 0.1) is 40.7 Å². The summed E-state index contributed by atoms with van der Waals surface area (Å²) < 4.78 is 30.5. The van der Waals surface area contributed by atoms with Crippen molar-refractivity contribution < 1.29 is 17.7 Å². The van der Waals surface area contributed by atoms with E-state index in [0.29, 0.717) is 40.3 Å². The first-order valence-electron chi connectivity index (χ1n) is 9.69. The molecule has 4 heterocycles. The number of carbonyl (C=O) groups excluding carboxylic acids is 1. The molecule has 2 aliphatic rings. The average Bonchev–Trinajstić information content (AvgIpc) is 3.13. The molecular formula is C19H21N5O4S. The molecule has 0 radical (unpaired) electrons. The van der Waals surface area contributed by atoms with Gasteiger partial charge in [0.15, 0.2) is 15.5 Å². The van der Waals surface area contributed by atoms with Gasteiger partial charge in [-0.25, -0.2) is 18.1 Å². The molecule has 9 nitrogen and oxygen atoms in total. The maximum absolute atomic E-state index is 13.0. The average molecular weight is 415 g/mol. The number of nitrogens with zero attached hydrogens (tertiary/aromatic N) is 4. The molecule has 1 saturated heterocycles. The van der Waals surface area contributed by atoms with E-state index >= 15 is 0 Å². The summed E-state index contributed by atoms with van der Waals surface area (Å²) in [6, 6.07) is 3.30. The second kappa shape index (κ2) is 6.65. The third-order valence-corrected chi connectivity index (χ3v) is 7.32. The molecule has 10 heteroatoms. The fourth-order valence-electron chi connectivity index (χ4n) is 3.92. The van der Waals surface area contributed by atoms with Crippen LogP contribution in [0, 0.1) is 6.92 Å². The Morgan fingerprint density at radius 3 is 2.83 bits per heavy atom. The van der Waals surface area contributed by atoms with Crippen molar-refractivity contribution in [1.82, 2.24) is 25.2 Å². The van der Waals surface area contributed by atoms with Crippen molar-refractivity contribution in [3.8, 4) is 0 Å². The van der Waals surface area contributed by atoms with Gasteiger partial charge in [-0.2, -0.15) is 5.10 Å². The van der Waals surface area contributed by atoms with Gasteiger partial charge in [-0.3, -0.25) is 4.79 Å². The number of hydrogen-bond acceptors (Lipinski definition) is 7. The first-order valence-corrected chi connectivity index (χ1v) is 11.5. The van der Waals surface area contributed by atoms with Crippen LogP contribution in [0.1, 0.15) is 58.7 Å². The van der Waals surface area contributed by atoms with E-state index in [9.17, 15) is 13.2 Å². The summed E-state index contributed by atoms with van der Waals surface area (Å²) in [6.07, 6.45) is 4.07. The lowest BCUT2D eigenvalue weighted by molar-refractivity contribution is 0.0951. The molecule has 152 valence electrons. The lowest BCUT2D eigenvalue weighted by atomic mass is 10.1. The third-order valence-electron chi connectivity index (χ3n) is 5.57. The Balaban J connectivity index is 1.57. The van der Waals surface area contributed by atoms with E-state index in [4.69, 9.17) is 9.51 Å². The molecule has 5 rings (SSSR count). The van der Waals surface area contributed by atoms with Crippen LogP contribution in [0.4, 0.5) is 0 Å². The van der Waals surface area contributed by atoms with Gasteiger partial charge in [0, 0.05) is 17.7 Å².